The molecule has 1 atom stereocenters. The molecule has 0 spiro atoms. The number of hydrogen-bond acceptors (Lipinski definition) is 4. The fraction of sp³-hybridized carbons (Fsp3) is 0.818. The highest BCUT2D eigenvalue weighted by molar-refractivity contribution is 5.88. The number of rotatable bonds is 4. The second-order valence-corrected chi connectivity index (χ2v) is 4.41. The zero-order chi connectivity index (χ0) is 12.2. The van der Waals surface area contributed by atoms with Crippen LogP contribution in [0.3, 0.4) is 0 Å². The van der Waals surface area contributed by atoms with Crippen LogP contribution in [0, 0.1) is 5.41 Å². The van der Waals surface area contributed by atoms with Crippen molar-refractivity contribution >= 4 is 11.9 Å². The Hall–Kier alpha value is -1.10. The summed E-state index contributed by atoms with van der Waals surface area (Å²) in [6, 6.07) is -0.610. The van der Waals surface area contributed by atoms with Gasteiger partial charge in [0.05, 0.1) is 12.5 Å². The third kappa shape index (κ3) is 2.52. The van der Waals surface area contributed by atoms with Crippen LogP contribution in [0.15, 0.2) is 0 Å². The van der Waals surface area contributed by atoms with Gasteiger partial charge < -0.3 is 15.8 Å². The molecule has 1 rings (SSSR count). The maximum absolute atomic E-state index is 12.0. The van der Waals surface area contributed by atoms with Crippen molar-refractivity contribution in [1.82, 2.24) is 5.32 Å². The predicted molar refractivity (Wildman–Crippen MR) is 59.6 cm³/mol. The van der Waals surface area contributed by atoms with E-state index in [1.54, 1.807) is 6.92 Å². The summed E-state index contributed by atoms with van der Waals surface area (Å²) in [4.78, 5) is 23.2. The minimum Gasteiger partial charge on any atom is -0.467 e. The van der Waals surface area contributed by atoms with Crippen molar-refractivity contribution < 1.29 is 14.3 Å². The van der Waals surface area contributed by atoms with E-state index in [9.17, 15) is 9.59 Å². The zero-order valence-electron chi connectivity index (χ0n) is 9.91. The van der Waals surface area contributed by atoms with Crippen LogP contribution in [-0.4, -0.2) is 31.6 Å². The third-order valence-electron chi connectivity index (χ3n) is 3.34. The summed E-state index contributed by atoms with van der Waals surface area (Å²) in [5, 5.41) is 2.67. The SMILES string of the molecule is COC(=O)[C@H](C)NC(=O)C1(CN)CCCC1. The number of methoxy groups -OCH3 is 1. The van der Waals surface area contributed by atoms with Gasteiger partial charge >= 0.3 is 5.97 Å². The molecule has 1 aliphatic rings. The quantitative estimate of drug-likeness (QED) is 0.673. The average Bonchev–Trinajstić information content (AvgIpc) is 2.77. The Labute approximate surface area is 95.7 Å². The minimum absolute atomic E-state index is 0.120. The molecule has 0 aromatic heterocycles. The molecule has 0 bridgehead atoms. The van der Waals surface area contributed by atoms with E-state index >= 15 is 0 Å². The van der Waals surface area contributed by atoms with Crippen molar-refractivity contribution in [3.63, 3.8) is 0 Å². The Bertz CT molecular complexity index is 272. The van der Waals surface area contributed by atoms with Gasteiger partial charge in [-0.1, -0.05) is 12.8 Å². The van der Waals surface area contributed by atoms with Crippen molar-refractivity contribution in [1.29, 1.82) is 0 Å². The van der Waals surface area contributed by atoms with Crippen LogP contribution in [0.1, 0.15) is 32.6 Å². The lowest BCUT2D eigenvalue weighted by atomic mass is 9.85. The number of esters is 1. The first-order chi connectivity index (χ1) is 7.55. The number of carbonyl (C=O) groups excluding carboxylic acids is 2. The molecule has 92 valence electrons. The van der Waals surface area contributed by atoms with Gasteiger partial charge in [0.2, 0.25) is 5.91 Å². The monoisotopic (exact) mass is 228 g/mol. The summed E-state index contributed by atoms with van der Waals surface area (Å²) in [5.74, 6) is -0.552. The molecule has 1 fully saturated rings. The van der Waals surface area contributed by atoms with Gasteiger partial charge in [-0.05, 0) is 19.8 Å². The lowest BCUT2D eigenvalue weighted by Gasteiger charge is -2.27. The molecular weight excluding hydrogens is 208 g/mol. The molecular formula is C11H20N2O3. The van der Waals surface area contributed by atoms with Crippen molar-refractivity contribution in [2.45, 2.75) is 38.6 Å². The molecule has 0 aromatic carbocycles. The van der Waals surface area contributed by atoms with Gasteiger partial charge in [0.25, 0.3) is 0 Å². The van der Waals surface area contributed by atoms with Gasteiger partial charge in [-0.2, -0.15) is 0 Å². The molecule has 16 heavy (non-hydrogen) atoms. The average molecular weight is 228 g/mol. The highest BCUT2D eigenvalue weighted by atomic mass is 16.5. The topological polar surface area (TPSA) is 81.4 Å². The van der Waals surface area contributed by atoms with Crippen molar-refractivity contribution in [2.75, 3.05) is 13.7 Å². The van der Waals surface area contributed by atoms with E-state index in [4.69, 9.17) is 5.73 Å². The van der Waals surface area contributed by atoms with Gasteiger partial charge in [-0.15, -0.1) is 0 Å². The van der Waals surface area contributed by atoms with Gasteiger partial charge in [0.1, 0.15) is 6.04 Å². The molecule has 5 heteroatoms. The number of nitrogens with two attached hydrogens (primary N) is 1. The van der Waals surface area contributed by atoms with Crippen LogP contribution >= 0.6 is 0 Å². The molecule has 1 saturated carbocycles. The molecule has 0 heterocycles. The van der Waals surface area contributed by atoms with Crippen LogP contribution in [0.5, 0.6) is 0 Å². The maximum atomic E-state index is 12.0. The minimum atomic E-state index is -0.610. The lowest BCUT2D eigenvalue weighted by molar-refractivity contribution is -0.146. The zero-order valence-corrected chi connectivity index (χ0v) is 9.91. The number of carbonyl (C=O) groups is 2. The molecule has 0 radical (unpaired) electrons. The Morgan fingerprint density at radius 2 is 2.00 bits per heavy atom. The summed E-state index contributed by atoms with van der Waals surface area (Å²) in [6.45, 7) is 1.95. The van der Waals surface area contributed by atoms with Crippen molar-refractivity contribution in [3.8, 4) is 0 Å². The number of nitrogens with one attached hydrogen (secondary N) is 1. The van der Waals surface area contributed by atoms with E-state index in [1.807, 2.05) is 0 Å². The highest BCUT2D eigenvalue weighted by Crippen LogP contribution is 2.37. The predicted octanol–water partition coefficient (Wildman–Crippen LogP) is 0.183. The molecule has 0 saturated heterocycles. The third-order valence-corrected chi connectivity index (χ3v) is 3.34. The van der Waals surface area contributed by atoms with Crippen molar-refractivity contribution in [2.24, 2.45) is 11.1 Å². The van der Waals surface area contributed by atoms with Crippen LogP contribution < -0.4 is 11.1 Å². The second-order valence-electron chi connectivity index (χ2n) is 4.41. The molecule has 0 aromatic rings. The molecule has 0 aliphatic heterocycles. The molecule has 5 nitrogen and oxygen atoms in total. The highest BCUT2D eigenvalue weighted by Gasteiger charge is 2.40. The smallest absolute Gasteiger partial charge is 0.328 e. The van der Waals surface area contributed by atoms with E-state index in [2.05, 4.69) is 10.1 Å². The van der Waals surface area contributed by atoms with Crippen LogP contribution in [-0.2, 0) is 14.3 Å². The van der Waals surface area contributed by atoms with E-state index < -0.39 is 17.4 Å². The normalized spacial score (nSPS) is 20.2. The fourth-order valence-electron chi connectivity index (χ4n) is 2.16. The second kappa shape index (κ2) is 5.30. The summed E-state index contributed by atoms with van der Waals surface area (Å²) in [5.41, 5.74) is 5.21. The van der Waals surface area contributed by atoms with Crippen LogP contribution in [0.25, 0.3) is 0 Å². The van der Waals surface area contributed by atoms with Crippen molar-refractivity contribution in [3.05, 3.63) is 0 Å². The first kappa shape index (κ1) is 13.0. The van der Waals surface area contributed by atoms with Crippen LogP contribution in [0.4, 0.5) is 0 Å². The Morgan fingerprint density at radius 1 is 1.44 bits per heavy atom. The van der Waals surface area contributed by atoms with Gasteiger partial charge in [0.15, 0.2) is 0 Å². The Morgan fingerprint density at radius 3 is 2.44 bits per heavy atom. The Kier molecular flexibility index (Phi) is 4.29. The first-order valence-electron chi connectivity index (χ1n) is 5.64. The Balaban J connectivity index is 2.60. The lowest BCUT2D eigenvalue weighted by Crippen LogP contribution is -2.49. The summed E-state index contributed by atoms with van der Waals surface area (Å²) in [7, 11) is 1.30. The molecule has 1 amide bonds. The summed E-state index contributed by atoms with van der Waals surface area (Å²) < 4.78 is 4.56. The molecule has 3 N–H and O–H groups in total. The number of ether oxygens (including phenoxy) is 1. The van der Waals surface area contributed by atoms with E-state index in [0.29, 0.717) is 6.54 Å². The standard InChI is InChI=1S/C11H20N2O3/c1-8(9(14)16-2)13-10(15)11(7-12)5-3-4-6-11/h8H,3-7,12H2,1-2H3,(H,13,15)/t8-/m0/s1. The summed E-state index contributed by atoms with van der Waals surface area (Å²) in [6.07, 6.45) is 3.67. The van der Waals surface area contributed by atoms with Gasteiger partial charge in [-0.25, -0.2) is 4.79 Å². The van der Waals surface area contributed by atoms with E-state index in [-0.39, 0.29) is 5.91 Å². The maximum Gasteiger partial charge on any atom is 0.328 e. The van der Waals surface area contributed by atoms with Gasteiger partial charge in [-0.3, -0.25) is 4.79 Å². The van der Waals surface area contributed by atoms with Crippen LogP contribution in [0.2, 0.25) is 0 Å². The fourth-order valence-corrected chi connectivity index (χ4v) is 2.16. The largest absolute Gasteiger partial charge is 0.467 e. The number of amides is 1. The molecule has 1 aliphatic carbocycles. The first-order valence-corrected chi connectivity index (χ1v) is 5.64. The number of hydrogen-bond donors (Lipinski definition) is 2. The molecule has 0 unspecified atom stereocenters. The summed E-state index contributed by atoms with van der Waals surface area (Å²) >= 11 is 0. The van der Waals surface area contributed by atoms with E-state index in [0.717, 1.165) is 25.7 Å². The van der Waals surface area contributed by atoms with Gasteiger partial charge in [0, 0.05) is 6.54 Å². The van der Waals surface area contributed by atoms with E-state index in [1.165, 1.54) is 7.11 Å².